The molecule has 0 saturated carbocycles. The number of methoxy groups -OCH3 is 1. The van der Waals surface area contributed by atoms with Crippen molar-refractivity contribution in [2.45, 2.75) is 6.04 Å². The Morgan fingerprint density at radius 1 is 1.44 bits per heavy atom. The van der Waals surface area contributed by atoms with Gasteiger partial charge in [0.25, 0.3) is 0 Å². The van der Waals surface area contributed by atoms with Crippen LogP contribution in [-0.2, 0) is 9.53 Å². The van der Waals surface area contributed by atoms with Crippen molar-refractivity contribution in [2.75, 3.05) is 19.0 Å². The van der Waals surface area contributed by atoms with Crippen molar-refractivity contribution in [3.05, 3.63) is 30.1 Å². The van der Waals surface area contributed by atoms with Gasteiger partial charge in [-0.05, 0) is 12.1 Å². The molecule has 98 valence electrons. The van der Waals surface area contributed by atoms with Gasteiger partial charge >= 0.3 is 6.03 Å². The van der Waals surface area contributed by atoms with E-state index in [0.717, 1.165) is 0 Å². The van der Waals surface area contributed by atoms with Crippen LogP contribution in [0.3, 0.4) is 0 Å². The second-order valence-corrected chi connectivity index (χ2v) is 3.49. The minimum absolute atomic E-state index is 0.00985. The lowest BCUT2D eigenvalue weighted by Crippen LogP contribution is -2.48. The molecule has 7 heteroatoms. The van der Waals surface area contributed by atoms with Gasteiger partial charge in [-0.3, -0.25) is 4.79 Å². The van der Waals surface area contributed by atoms with E-state index in [-0.39, 0.29) is 12.3 Å². The molecule has 1 unspecified atom stereocenters. The van der Waals surface area contributed by atoms with Gasteiger partial charge in [0.1, 0.15) is 11.9 Å². The molecule has 4 N–H and O–H groups in total. The van der Waals surface area contributed by atoms with E-state index in [9.17, 15) is 14.0 Å². The summed E-state index contributed by atoms with van der Waals surface area (Å²) in [5.74, 6) is -1.31. The number of rotatable bonds is 5. The molecule has 1 aromatic carbocycles. The Balaban J connectivity index is 2.61. The highest BCUT2D eigenvalue weighted by molar-refractivity contribution is 5.93. The summed E-state index contributed by atoms with van der Waals surface area (Å²) in [7, 11) is 1.37. The van der Waals surface area contributed by atoms with E-state index in [1.54, 1.807) is 6.07 Å². The number of hydrogen-bond acceptors (Lipinski definition) is 3. The number of ether oxygens (including phenoxy) is 1. The molecule has 1 aromatic rings. The second kappa shape index (κ2) is 6.55. The molecule has 18 heavy (non-hydrogen) atoms. The summed E-state index contributed by atoms with van der Waals surface area (Å²) in [5.41, 5.74) is 5.07. The molecule has 0 heterocycles. The number of amides is 3. The molecule has 1 rings (SSSR count). The lowest BCUT2D eigenvalue weighted by atomic mass is 10.3. The number of halogens is 1. The van der Waals surface area contributed by atoms with Crippen LogP contribution in [-0.4, -0.2) is 31.7 Å². The molecule has 0 aromatic heterocycles. The highest BCUT2D eigenvalue weighted by atomic mass is 19.1. The van der Waals surface area contributed by atoms with Gasteiger partial charge < -0.3 is 21.1 Å². The van der Waals surface area contributed by atoms with Gasteiger partial charge in [-0.15, -0.1) is 0 Å². The third-order valence-corrected chi connectivity index (χ3v) is 2.10. The maximum Gasteiger partial charge on any atom is 0.320 e. The predicted molar refractivity (Wildman–Crippen MR) is 63.4 cm³/mol. The highest BCUT2D eigenvalue weighted by Gasteiger charge is 2.18. The Labute approximate surface area is 103 Å². The van der Waals surface area contributed by atoms with E-state index < -0.39 is 23.8 Å². The van der Waals surface area contributed by atoms with Gasteiger partial charge in [-0.2, -0.15) is 0 Å². The molecule has 0 aliphatic carbocycles. The molecular formula is C11H14FN3O3. The van der Waals surface area contributed by atoms with E-state index in [0.29, 0.717) is 0 Å². The Morgan fingerprint density at radius 2 is 2.11 bits per heavy atom. The zero-order valence-electron chi connectivity index (χ0n) is 9.77. The predicted octanol–water partition coefficient (Wildman–Crippen LogP) is 0.447. The summed E-state index contributed by atoms with van der Waals surface area (Å²) in [6.07, 6.45) is 0. The Morgan fingerprint density at radius 3 is 2.67 bits per heavy atom. The average Bonchev–Trinajstić information content (AvgIpc) is 2.31. The highest BCUT2D eigenvalue weighted by Crippen LogP contribution is 2.11. The fourth-order valence-electron chi connectivity index (χ4n) is 1.24. The van der Waals surface area contributed by atoms with Crippen molar-refractivity contribution in [2.24, 2.45) is 5.73 Å². The molecule has 1 atom stereocenters. The maximum absolute atomic E-state index is 13.2. The van der Waals surface area contributed by atoms with Crippen LogP contribution in [0.1, 0.15) is 0 Å². The monoisotopic (exact) mass is 255 g/mol. The third kappa shape index (κ3) is 4.02. The minimum Gasteiger partial charge on any atom is -0.382 e. The van der Waals surface area contributed by atoms with Gasteiger partial charge in [-0.25, -0.2) is 9.18 Å². The van der Waals surface area contributed by atoms with Crippen LogP contribution in [0, 0.1) is 5.82 Å². The van der Waals surface area contributed by atoms with Gasteiger partial charge in [0.2, 0.25) is 5.91 Å². The fraction of sp³-hybridized carbons (Fsp3) is 0.273. The second-order valence-electron chi connectivity index (χ2n) is 3.49. The number of para-hydroxylation sites is 1. The third-order valence-electron chi connectivity index (χ3n) is 2.10. The molecule has 0 radical (unpaired) electrons. The lowest BCUT2D eigenvalue weighted by molar-refractivity contribution is -0.120. The number of urea groups is 1. The van der Waals surface area contributed by atoms with Crippen LogP contribution in [0.2, 0.25) is 0 Å². The number of anilines is 1. The zero-order valence-corrected chi connectivity index (χ0v) is 9.77. The summed E-state index contributed by atoms with van der Waals surface area (Å²) < 4.78 is 18.0. The standard InChI is InChI=1S/C11H14FN3O3/c1-18-6-9(10(13)16)15-11(17)14-8-5-3-2-4-7(8)12/h2-5,9H,6H2,1H3,(H2,13,16)(H2,14,15,17). The van der Waals surface area contributed by atoms with Crippen molar-refractivity contribution in [1.82, 2.24) is 5.32 Å². The van der Waals surface area contributed by atoms with Crippen molar-refractivity contribution in [1.29, 1.82) is 0 Å². The van der Waals surface area contributed by atoms with E-state index in [1.165, 1.54) is 25.3 Å². The first-order valence-corrected chi connectivity index (χ1v) is 5.15. The molecule has 0 saturated heterocycles. The smallest absolute Gasteiger partial charge is 0.320 e. The number of primary amides is 1. The lowest BCUT2D eigenvalue weighted by Gasteiger charge is -2.15. The van der Waals surface area contributed by atoms with Gasteiger partial charge in [0.05, 0.1) is 12.3 Å². The largest absolute Gasteiger partial charge is 0.382 e. The van der Waals surface area contributed by atoms with Crippen LogP contribution >= 0.6 is 0 Å². The van der Waals surface area contributed by atoms with Crippen molar-refractivity contribution < 1.29 is 18.7 Å². The van der Waals surface area contributed by atoms with Crippen LogP contribution in [0.4, 0.5) is 14.9 Å². The van der Waals surface area contributed by atoms with Gasteiger partial charge in [0.15, 0.2) is 0 Å². The van der Waals surface area contributed by atoms with Crippen LogP contribution < -0.4 is 16.4 Å². The number of hydrogen-bond donors (Lipinski definition) is 3. The molecule has 0 fully saturated rings. The quantitative estimate of drug-likeness (QED) is 0.713. The fourth-order valence-corrected chi connectivity index (χ4v) is 1.24. The maximum atomic E-state index is 13.2. The topological polar surface area (TPSA) is 93.4 Å². The summed E-state index contributed by atoms with van der Waals surface area (Å²) in [6, 6.07) is 3.96. The zero-order chi connectivity index (χ0) is 13.5. The summed E-state index contributed by atoms with van der Waals surface area (Å²) >= 11 is 0. The number of carbonyl (C=O) groups is 2. The summed E-state index contributed by atoms with van der Waals surface area (Å²) in [6.45, 7) is -0.0555. The van der Waals surface area contributed by atoms with Crippen LogP contribution in [0.5, 0.6) is 0 Å². The molecule has 0 aliphatic rings. The molecule has 0 aliphatic heterocycles. The van der Waals surface area contributed by atoms with Crippen LogP contribution in [0.25, 0.3) is 0 Å². The summed E-state index contributed by atoms with van der Waals surface area (Å²) in [5, 5.41) is 4.54. The van der Waals surface area contributed by atoms with Crippen LogP contribution in [0.15, 0.2) is 24.3 Å². The molecule has 6 nitrogen and oxygen atoms in total. The Bertz CT molecular complexity index is 439. The van der Waals surface area contributed by atoms with Crippen molar-refractivity contribution >= 4 is 17.6 Å². The number of benzene rings is 1. The van der Waals surface area contributed by atoms with Gasteiger partial charge in [-0.1, -0.05) is 12.1 Å². The van der Waals surface area contributed by atoms with E-state index >= 15 is 0 Å². The first kappa shape index (κ1) is 13.9. The molecule has 0 spiro atoms. The minimum atomic E-state index is -0.971. The molecule has 3 amide bonds. The van der Waals surface area contributed by atoms with Crippen molar-refractivity contribution in [3.63, 3.8) is 0 Å². The Hall–Kier alpha value is -2.15. The van der Waals surface area contributed by atoms with E-state index in [4.69, 9.17) is 10.5 Å². The average molecular weight is 255 g/mol. The first-order chi connectivity index (χ1) is 8.54. The molecule has 0 bridgehead atoms. The SMILES string of the molecule is COCC(NC(=O)Nc1ccccc1F)C(N)=O. The first-order valence-electron chi connectivity index (χ1n) is 5.15. The van der Waals surface area contributed by atoms with E-state index in [1.807, 2.05) is 0 Å². The van der Waals surface area contributed by atoms with E-state index in [2.05, 4.69) is 10.6 Å². The Kier molecular flexibility index (Phi) is 5.06. The normalized spacial score (nSPS) is 11.7. The number of nitrogens with two attached hydrogens (primary N) is 1. The number of carbonyl (C=O) groups excluding carboxylic acids is 2. The molecular weight excluding hydrogens is 241 g/mol. The van der Waals surface area contributed by atoms with Crippen molar-refractivity contribution in [3.8, 4) is 0 Å². The van der Waals surface area contributed by atoms with Gasteiger partial charge in [0, 0.05) is 7.11 Å². The summed E-state index contributed by atoms with van der Waals surface area (Å²) in [4.78, 5) is 22.5. The number of nitrogens with one attached hydrogen (secondary N) is 2.